The average molecular weight is 262 g/mol. The summed E-state index contributed by atoms with van der Waals surface area (Å²) in [5, 5.41) is 1.11. The van der Waals surface area contributed by atoms with Crippen molar-refractivity contribution >= 4 is 23.2 Å². The monoisotopic (exact) mass is 261 g/mol. The quantitative estimate of drug-likeness (QED) is 0.878. The number of halogens is 2. The van der Waals surface area contributed by atoms with Crippen LogP contribution in [0.1, 0.15) is 24.9 Å². The molecule has 0 heterocycles. The second kappa shape index (κ2) is 6.45. The van der Waals surface area contributed by atoms with Crippen LogP contribution in [0, 0.1) is 5.92 Å². The van der Waals surface area contributed by atoms with Crippen LogP contribution < -0.4 is 5.73 Å². The van der Waals surface area contributed by atoms with Crippen molar-refractivity contribution < 1.29 is 4.74 Å². The lowest BCUT2D eigenvalue weighted by molar-refractivity contribution is 0.152. The molecule has 1 aromatic rings. The lowest BCUT2D eigenvalue weighted by Crippen LogP contribution is -2.17. The van der Waals surface area contributed by atoms with E-state index >= 15 is 0 Å². The van der Waals surface area contributed by atoms with Gasteiger partial charge in [-0.2, -0.15) is 0 Å². The molecule has 0 radical (unpaired) electrons. The first-order chi connectivity index (χ1) is 7.56. The van der Waals surface area contributed by atoms with E-state index in [9.17, 15) is 0 Å². The zero-order valence-electron chi connectivity index (χ0n) is 9.54. The molecule has 1 rings (SSSR count). The molecule has 0 aromatic heterocycles. The summed E-state index contributed by atoms with van der Waals surface area (Å²) < 4.78 is 5.08. The van der Waals surface area contributed by atoms with Crippen LogP contribution in [0.5, 0.6) is 0 Å². The smallest absolute Gasteiger partial charge is 0.0640 e. The Morgan fingerprint density at radius 3 is 2.69 bits per heavy atom. The van der Waals surface area contributed by atoms with E-state index in [-0.39, 0.29) is 6.04 Å². The molecular formula is C12H17Cl2NO. The first kappa shape index (κ1) is 13.8. The van der Waals surface area contributed by atoms with E-state index in [2.05, 4.69) is 6.92 Å². The van der Waals surface area contributed by atoms with Crippen LogP contribution in [0.4, 0.5) is 0 Å². The number of rotatable bonds is 5. The van der Waals surface area contributed by atoms with E-state index in [0.29, 0.717) is 22.6 Å². The molecule has 2 atom stereocenters. The Balaban J connectivity index is 2.72. The largest absolute Gasteiger partial charge is 0.384 e. The van der Waals surface area contributed by atoms with Crippen molar-refractivity contribution in [1.82, 2.24) is 0 Å². The molecule has 16 heavy (non-hydrogen) atoms. The molecular weight excluding hydrogens is 245 g/mol. The fourth-order valence-electron chi connectivity index (χ4n) is 1.72. The van der Waals surface area contributed by atoms with Gasteiger partial charge in [-0.3, -0.25) is 0 Å². The third kappa shape index (κ3) is 3.63. The molecule has 0 saturated heterocycles. The van der Waals surface area contributed by atoms with Crippen molar-refractivity contribution in [3.63, 3.8) is 0 Å². The second-order valence-corrected chi connectivity index (χ2v) is 4.83. The average Bonchev–Trinajstić information content (AvgIpc) is 2.22. The number of ether oxygens (including phenoxy) is 1. The Morgan fingerprint density at radius 1 is 1.38 bits per heavy atom. The number of hydrogen-bond donors (Lipinski definition) is 1. The maximum atomic E-state index is 6.11. The van der Waals surface area contributed by atoms with Crippen LogP contribution in [0.2, 0.25) is 10.0 Å². The molecule has 0 amide bonds. The molecule has 0 fully saturated rings. The molecule has 4 heteroatoms. The van der Waals surface area contributed by atoms with Crippen molar-refractivity contribution in [2.24, 2.45) is 11.7 Å². The molecule has 0 aliphatic heterocycles. The fraction of sp³-hybridized carbons (Fsp3) is 0.500. The lowest BCUT2D eigenvalue weighted by atomic mass is 9.97. The van der Waals surface area contributed by atoms with Gasteiger partial charge >= 0.3 is 0 Å². The molecule has 2 N–H and O–H groups in total. The molecule has 2 unspecified atom stereocenters. The summed E-state index contributed by atoms with van der Waals surface area (Å²) in [7, 11) is 1.69. The van der Waals surface area contributed by atoms with Crippen LogP contribution >= 0.6 is 23.2 Å². The summed E-state index contributed by atoms with van der Waals surface area (Å²) in [5.74, 6) is 0.398. The van der Waals surface area contributed by atoms with Gasteiger partial charge in [-0.05, 0) is 24.0 Å². The normalized spacial score (nSPS) is 14.8. The van der Waals surface area contributed by atoms with Crippen molar-refractivity contribution in [3.8, 4) is 0 Å². The summed E-state index contributed by atoms with van der Waals surface area (Å²) in [6, 6.07) is 5.44. The van der Waals surface area contributed by atoms with Crippen LogP contribution in [0.3, 0.4) is 0 Å². The Morgan fingerprint density at radius 2 is 2.06 bits per heavy atom. The second-order valence-electron chi connectivity index (χ2n) is 4.05. The minimum absolute atomic E-state index is 0.101. The number of benzene rings is 1. The van der Waals surface area contributed by atoms with E-state index in [1.54, 1.807) is 13.2 Å². The number of hydrogen-bond acceptors (Lipinski definition) is 2. The maximum absolute atomic E-state index is 6.11. The van der Waals surface area contributed by atoms with E-state index in [4.69, 9.17) is 33.7 Å². The summed E-state index contributed by atoms with van der Waals surface area (Å²) in [6.07, 6.45) is 0.827. The highest BCUT2D eigenvalue weighted by Crippen LogP contribution is 2.31. The van der Waals surface area contributed by atoms with E-state index in [0.717, 1.165) is 12.0 Å². The molecule has 90 valence electrons. The highest BCUT2D eigenvalue weighted by atomic mass is 35.5. The van der Waals surface area contributed by atoms with E-state index < -0.39 is 0 Å². The van der Waals surface area contributed by atoms with Crippen LogP contribution in [-0.4, -0.2) is 13.7 Å². The first-order valence-corrected chi connectivity index (χ1v) is 6.00. The Kier molecular flexibility index (Phi) is 5.56. The van der Waals surface area contributed by atoms with Gasteiger partial charge in [0.15, 0.2) is 0 Å². The third-order valence-corrected chi connectivity index (χ3v) is 3.32. The highest BCUT2D eigenvalue weighted by molar-refractivity contribution is 6.42. The van der Waals surface area contributed by atoms with Gasteiger partial charge in [0, 0.05) is 19.8 Å². The van der Waals surface area contributed by atoms with E-state index in [1.807, 2.05) is 12.1 Å². The van der Waals surface area contributed by atoms with Crippen molar-refractivity contribution in [2.45, 2.75) is 19.4 Å². The predicted octanol–water partition coefficient (Wildman–Crippen LogP) is 3.67. The van der Waals surface area contributed by atoms with Gasteiger partial charge < -0.3 is 10.5 Å². The Bertz CT molecular complexity index is 344. The highest BCUT2D eigenvalue weighted by Gasteiger charge is 2.15. The van der Waals surface area contributed by atoms with Gasteiger partial charge in [0.1, 0.15) is 0 Å². The molecule has 0 aliphatic carbocycles. The zero-order valence-corrected chi connectivity index (χ0v) is 11.1. The van der Waals surface area contributed by atoms with Gasteiger partial charge in [-0.15, -0.1) is 0 Å². The molecule has 0 bridgehead atoms. The topological polar surface area (TPSA) is 35.2 Å². The van der Waals surface area contributed by atoms with Crippen molar-refractivity contribution in [1.29, 1.82) is 0 Å². The van der Waals surface area contributed by atoms with Gasteiger partial charge in [0.25, 0.3) is 0 Å². The first-order valence-electron chi connectivity index (χ1n) is 5.24. The molecule has 0 saturated carbocycles. The minimum Gasteiger partial charge on any atom is -0.384 e. The maximum Gasteiger partial charge on any atom is 0.0640 e. The minimum atomic E-state index is -0.101. The van der Waals surface area contributed by atoms with E-state index in [1.165, 1.54) is 0 Å². The standard InChI is InChI=1S/C12H17Cl2NO/c1-8(7-16-2)6-11(15)9-4-3-5-10(13)12(9)14/h3-5,8,11H,6-7,15H2,1-2H3. The van der Waals surface area contributed by atoms with Gasteiger partial charge in [-0.1, -0.05) is 42.3 Å². The Labute approximate surface area is 107 Å². The number of nitrogens with two attached hydrogens (primary N) is 1. The predicted molar refractivity (Wildman–Crippen MR) is 69.0 cm³/mol. The lowest BCUT2D eigenvalue weighted by Gasteiger charge is -2.18. The van der Waals surface area contributed by atoms with Gasteiger partial charge in [-0.25, -0.2) is 0 Å². The fourth-order valence-corrected chi connectivity index (χ4v) is 2.17. The summed E-state index contributed by atoms with van der Waals surface area (Å²) in [5.41, 5.74) is 7.00. The summed E-state index contributed by atoms with van der Waals surface area (Å²) in [6.45, 7) is 2.80. The molecule has 1 aromatic carbocycles. The van der Waals surface area contributed by atoms with Gasteiger partial charge in [0.05, 0.1) is 10.0 Å². The SMILES string of the molecule is COCC(C)CC(N)c1cccc(Cl)c1Cl. The summed E-state index contributed by atoms with van der Waals surface area (Å²) >= 11 is 12.0. The molecule has 0 aliphatic rings. The van der Waals surface area contributed by atoms with Crippen molar-refractivity contribution in [2.75, 3.05) is 13.7 Å². The van der Waals surface area contributed by atoms with Crippen LogP contribution in [-0.2, 0) is 4.74 Å². The Hall–Kier alpha value is -0.280. The number of methoxy groups -OCH3 is 1. The zero-order chi connectivity index (χ0) is 12.1. The third-order valence-electron chi connectivity index (χ3n) is 2.49. The van der Waals surface area contributed by atoms with Crippen LogP contribution in [0.15, 0.2) is 18.2 Å². The molecule has 0 spiro atoms. The molecule has 2 nitrogen and oxygen atoms in total. The summed E-state index contributed by atoms with van der Waals surface area (Å²) in [4.78, 5) is 0. The van der Waals surface area contributed by atoms with Crippen molar-refractivity contribution in [3.05, 3.63) is 33.8 Å². The van der Waals surface area contributed by atoms with Gasteiger partial charge in [0.2, 0.25) is 0 Å². The van der Waals surface area contributed by atoms with Crippen LogP contribution in [0.25, 0.3) is 0 Å².